The van der Waals surface area contributed by atoms with Gasteiger partial charge in [0.05, 0.1) is 16.8 Å². The number of nitrogens with zero attached hydrogens (tertiary/aromatic N) is 1. The van der Waals surface area contributed by atoms with Gasteiger partial charge in [0.2, 0.25) is 0 Å². The average Bonchev–Trinajstić information content (AvgIpc) is 3.53. The molecule has 0 fully saturated rings. The highest BCUT2D eigenvalue weighted by Crippen LogP contribution is 2.64. The summed E-state index contributed by atoms with van der Waals surface area (Å²) >= 11 is 0. The maximum Gasteiger partial charge on any atom is 0.0740 e. The Morgan fingerprint density at radius 2 is 0.811 bits per heavy atom. The number of fused-ring (bicyclic) bond motifs is 9. The fourth-order valence-electron chi connectivity index (χ4n) is 9.48. The Bertz CT molecular complexity index is 2600. The van der Waals surface area contributed by atoms with Gasteiger partial charge in [-0.05, 0) is 79.9 Å². The number of para-hydroxylation sites is 1. The van der Waals surface area contributed by atoms with Gasteiger partial charge >= 0.3 is 0 Å². The van der Waals surface area contributed by atoms with E-state index in [0.717, 1.165) is 11.4 Å². The van der Waals surface area contributed by atoms with Gasteiger partial charge in [0, 0.05) is 22.2 Å². The summed E-state index contributed by atoms with van der Waals surface area (Å²) in [5.41, 5.74) is 18.2. The maximum absolute atomic E-state index is 2.53. The van der Waals surface area contributed by atoms with Gasteiger partial charge < -0.3 is 4.90 Å². The van der Waals surface area contributed by atoms with E-state index in [9.17, 15) is 0 Å². The van der Waals surface area contributed by atoms with Gasteiger partial charge in [-0.25, -0.2) is 0 Å². The number of benzene rings is 8. The molecule has 252 valence electrons. The van der Waals surface area contributed by atoms with E-state index in [-0.39, 0.29) is 5.41 Å². The van der Waals surface area contributed by atoms with Crippen molar-refractivity contribution in [2.24, 2.45) is 0 Å². The number of hydrogen-bond donors (Lipinski definition) is 0. The highest BCUT2D eigenvalue weighted by molar-refractivity contribution is 5.98. The predicted molar refractivity (Wildman–Crippen MR) is 221 cm³/mol. The van der Waals surface area contributed by atoms with Crippen LogP contribution < -0.4 is 4.90 Å². The second kappa shape index (κ2) is 12.1. The lowest BCUT2D eigenvalue weighted by molar-refractivity contribution is 0.563. The highest BCUT2D eigenvalue weighted by Gasteiger charge is 2.54. The molecule has 0 unspecified atom stereocenters. The van der Waals surface area contributed by atoms with E-state index in [1.807, 2.05) is 0 Å². The topological polar surface area (TPSA) is 3.24 Å². The van der Waals surface area contributed by atoms with E-state index < -0.39 is 5.41 Å². The molecule has 8 aromatic rings. The van der Waals surface area contributed by atoms with Crippen LogP contribution in [0.4, 0.5) is 17.1 Å². The lowest BCUT2D eigenvalue weighted by Crippen LogP contribution is -2.41. The molecule has 0 radical (unpaired) electrons. The molecule has 0 saturated heterocycles. The molecule has 0 bridgehead atoms. The Balaban J connectivity index is 1.35. The van der Waals surface area contributed by atoms with Gasteiger partial charge in [-0.15, -0.1) is 0 Å². The molecule has 10 rings (SSSR count). The molecular formula is C52H39N. The largest absolute Gasteiger partial charge is 0.309 e. The van der Waals surface area contributed by atoms with Crippen molar-refractivity contribution in [2.45, 2.75) is 24.7 Å². The van der Waals surface area contributed by atoms with E-state index in [0.29, 0.717) is 0 Å². The standard InChI is InChI=1S/C52H39N/c1-51(2)44-29-12-14-31-46(44)52(47-32-15-13-30-45(47)51)43-28-11-9-26-41(43)42-27-18-34-49(50(42)52)53(39-24-17-23-38(35-39)36-19-5-3-6-20-36)48-33-16-10-25-40(48)37-21-7-4-8-22-37/h3-35H,1-2H3. The van der Waals surface area contributed by atoms with Crippen LogP contribution in [0.5, 0.6) is 0 Å². The number of rotatable bonds is 5. The van der Waals surface area contributed by atoms with Gasteiger partial charge in [0.25, 0.3) is 0 Å². The average molecular weight is 678 g/mol. The lowest BCUT2D eigenvalue weighted by atomic mass is 9.55. The van der Waals surface area contributed by atoms with Crippen molar-refractivity contribution >= 4 is 17.1 Å². The second-order valence-corrected chi connectivity index (χ2v) is 14.8. The molecule has 0 aliphatic heterocycles. The molecule has 53 heavy (non-hydrogen) atoms. The van der Waals surface area contributed by atoms with Crippen molar-refractivity contribution in [3.05, 3.63) is 234 Å². The molecule has 1 spiro atoms. The van der Waals surface area contributed by atoms with E-state index in [1.54, 1.807) is 0 Å². The Labute approximate surface area is 312 Å². The summed E-state index contributed by atoms with van der Waals surface area (Å²) in [5.74, 6) is 0. The van der Waals surface area contributed by atoms with E-state index in [2.05, 4.69) is 219 Å². The van der Waals surface area contributed by atoms with Crippen molar-refractivity contribution in [1.29, 1.82) is 0 Å². The fraction of sp³-hybridized carbons (Fsp3) is 0.0769. The summed E-state index contributed by atoms with van der Waals surface area (Å²) in [5, 5.41) is 0. The summed E-state index contributed by atoms with van der Waals surface area (Å²) in [7, 11) is 0. The summed E-state index contributed by atoms with van der Waals surface area (Å²) < 4.78 is 0. The smallest absolute Gasteiger partial charge is 0.0740 e. The Hall–Kier alpha value is -6.44. The summed E-state index contributed by atoms with van der Waals surface area (Å²) in [6.45, 7) is 4.78. The normalized spacial score (nSPS) is 14.2. The summed E-state index contributed by atoms with van der Waals surface area (Å²) in [4.78, 5) is 2.53. The van der Waals surface area contributed by atoms with Crippen LogP contribution in [0.2, 0.25) is 0 Å². The quantitative estimate of drug-likeness (QED) is 0.175. The predicted octanol–water partition coefficient (Wildman–Crippen LogP) is 13.5. The van der Waals surface area contributed by atoms with Crippen LogP contribution in [0.3, 0.4) is 0 Å². The van der Waals surface area contributed by atoms with Crippen LogP contribution in [0.15, 0.2) is 200 Å². The first-order valence-corrected chi connectivity index (χ1v) is 18.6. The molecule has 0 amide bonds. The van der Waals surface area contributed by atoms with Crippen molar-refractivity contribution in [2.75, 3.05) is 4.90 Å². The number of anilines is 3. The molecule has 2 aliphatic carbocycles. The Kier molecular flexibility index (Phi) is 7.13. The third-order valence-electron chi connectivity index (χ3n) is 11.7. The minimum absolute atomic E-state index is 0.172. The minimum Gasteiger partial charge on any atom is -0.309 e. The van der Waals surface area contributed by atoms with Crippen molar-refractivity contribution in [3.8, 4) is 33.4 Å². The lowest BCUT2D eigenvalue weighted by Gasteiger charge is -2.47. The zero-order chi connectivity index (χ0) is 35.6. The van der Waals surface area contributed by atoms with Crippen LogP contribution in [-0.2, 0) is 10.8 Å². The van der Waals surface area contributed by atoms with Gasteiger partial charge in [0.1, 0.15) is 0 Å². The van der Waals surface area contributed by atoms with Crippen LogP contribution >= 0.6 is 0 Å². The van der Waals surface area contributed by atoms with E-state index in [4.69, 9.17) is 0 Å². The molecule has 1 nitrogen and oxygen atoms in total. The molecule has 8 aromatic carbocycles. The van der Waals surface area contributed by atoms with Crippen LogP contribution in [0, 0.1) is 0 Å². The van der Waals surface area contributed by atoms with Crippen molar-refractivity contribution in [1.82, 2.24) is 0 Å². The first kappa shape index (κ1) is 31.3. The minimum atomic E-state index is -0.539. The third kappa shape index (κ3) is 4.57. The fourth-order valence-corrected chi connectivity index (χ4v) is 9.48. The number of hydrogen-bond acceptors (Lipinski definition) is 1. The van der Waals surface area contributed by atoms with E-state index >= 15 is 0 Å². The van der Waals surface area contributed by atoms with Gasteiger partial charge in [-0.3, -0.25) is 0 Å². The molecule has 2 aliphatic rings. The molecule has 0 heterocycles. The SMILES string of the molecule is CC1(C)c2ccccc2C2(c3ccccc3-c3cccc(N(c4cccc(-c5ccccc5)c4)c4ccccc4-c4ccccc4)c32)c2ccccc21. The van der Waals surface area contributed by atoms with E-state index in [1.165, 1.54) is 72.4 Å². The first-order valence-electron chi connectivity index (χ1n) is 18.6. The zero-order valence-corrected chi connectivity index (χ0v) is 30.0. The Morgan fingerprint density at radius 1 is 0.340 bits per heavy atom. The van der Waals surface area contributed by atoms with Crippen molar-refractivity contribution in [3.63, 3.8) is 0 Å². The van der Waals surface area contributed by atoms with Gasteiger partial charge in [-0.1, -0.05) is 190 Å². The molecule has 0 aromatic heterocycles. The van der Waals surface area contributed by atoms with Gasteiger partial charge in [0.15, 0.2) is 0 Å². The van der Waals surface area contributed by atoms with Crippen LogP contribution in [0.25, 0.3) is 33.4 Å². The molecule has 0 N–H and O–H groups in total. The Morgan fingerprint density at radius 3 is 1.49 bits per heavy atom. The molecule has 0 saturated carbocycles. The molecule has 0 atom stereocenters. The molecular weight excluding hydrogens is 639 g/mol. The van der Waals surface area contributed by atoms with Crippen LogP contribution in [-0.4, -0.2) is 0 Å². The summed E-state index contributed by atoms with van der Waals surface area (Å²) in [6, 6.07) is 74.0. The second-order valence-electron chi connectivity index (χ2n) is 14.8. The monoisotopic (exact) mass is 677 g/mol. The zero-order valence-electron chi connectivity index (χ0n) is 30.0. The van der Waals surface area contributed by atoms with Gasteiger partial charge in [-0.2, -0.15) is 0 Å². The molecule has 1 heteroatoms. The van der Waals surface area contributed by atoms with Crippen molar-refractivity contribution < 1.29 is 0 Å². The van der Waals surface area contributed by atoms with Crippen LogP contribution in [0.1, 0.15) is 47.2 Å². The summed E-state index contributed by atoms with van der Waals surface area (Å²) in [6.07, 6.45) is 0. The highest BCUT2D eigenvalue weighted by atomic mass is 15.1. The maximum atomic E-state index is 2.53. The third-order valence-corrected chi connectivity index (χ3v) is 11.7. The first-order chi connectivity index (χ1) is 26.1.